The molecule has 2 heterocycles. The number of fused-ring (bicyclic) bond motifs is 2. The fourth-order valence-corrected chi connectivity index (χ4v) is 4.90. The number of cyclic esters (lactones) is 1. The zero-order chi connectivity index (χ0) is 14.1. The number of esters is 2. The minimum absolute atomic E-state index is 0.0817. The zero-order valence-electron chi connectivity index (χ0n) is 11.8. The van der Waals surface area contributed by atoms with Crippen LogP contribution in [0.2, 0.25) is 0 Å². The maximum atomic E-state index is 12.3. The van der Waals surface area contributed by atoms with E-state index in [1.54, 1.807) is 6.08 Å². The Labute approximate surface area is 117 Å². The molecule has 4 atom stereocenters. The zero-order valence-corrected chi connectivity index (χ0v) is 11.8. The van der Waals surface area contributed by atoms with Crippen molar-refractivity contribution in [1.82, 2.24) is 0 Å². The first-order chi connectivity index (χ1) is 9.45. The number of ether oxygens (including phenoxy) is 2. The van der Waals surface area contributed by atoms with Crippen molar-refractivity contribution < 1.29 is 19.1 Å². The third-order valence-corrected chi connectivity index (χ3v) is 5.76. The van der Waals surface area contributed by atoms with Crippen LogP contribution in [-0.2, 0) is 19.1 Å². The van der Waals surface area contributed by atoms with Gasteiger partial charge in [0.05, 0.1) is 5.41 Å². The largest absolute Gasteiger partial charge is 0.458 e. The van der Waals surface area contributed by atoms with Gasteiger partial charge in [-0.05, 0) is 37.0 Å². The molecule has 0 aromatic rings. The van der Waals surface area contributed by atoms with Gasteiger partial charge in [-0.25, -0.2) is 4.79 Å². The molecule has 0 aromatic carbocycles. The molecule has 2 aliphatic heterocycles. The first kappa shape index (κ1) is 12.2. The molecule has 0 amide bonds. The lowest BCUT2D eigenvalue weighted by Crippen LogP contribution is -2.50. The summed E-state index contributed by atoms with van der Waals surface area (Å²) >= 11 is 0. The van der Waals surface area contributed by atoms with E-state index >= 15 is 0 Å². The second-order valence-corrected chi connectivity index (χ2v) is 6.89. The molecule has 2 aliphatic carbocycles. The SMILES string of the molecule is CC12CCC[C@]3(C)C4=CC(=O)OCC4=C[C@@H](OC1=O)[C@@H]23. The molecule has 0 bridgehead atoms. The van der Waals surface area contributed by atoms with Crippen molar-refractivity contribution in [3.8, 4) is 0 Å². The predicted molar refractivity (Wildman–Crippen MR) is 70.6 cm³/mol. The third kappa shape index (κ3) is 1.27. The summed E-state index contributed by atoms with van der Waals surface area (Å²) in [4.78, 5) is 23.9. The number of hydrogen-bond acceptors (Lipinski definition) is 4. The van der Waals surface area contributed by atoms with Gasteiger partial charge >= 0.3 is 11.9 Å². The van der Waals surface area contributed by atoms with Crippen molar-refractivity contribution in [2.45, 2.75) is 39.2 Å². The molecule has 4 aliphatic rings. The monoisotopic (exact) mass is 274 g/mol. The number of carbonyl (C=O) groups excluding carboxylic acids is 2. The molecule has 0 N–H and O–H groups in total. The van der Waals surface area contributed by atoms with Crippen molar-refractivity contribution >= 4 is 11.9 Å². The molecular formula is C16H18O4. The van der Waals surface area contributed by atoms with Gasteiger partial charge in [0.25, 0.3) is 0 Å². The molecule has 4 heteroatoms. The van der Waals surface area contributed by atoms with Crippen LogP contribution in [0.1, 0.15) is 33.1 Å². The van der Waals surface area contributed by atoms with Crippen LogP contribution < -0.4 is 0 Å². The third-order valence-electron chi connectivity index (χ3n) is 5.76. The molecule has 4 rings (SSSR count). The highest BCUT2D eigenvalue weighted by molar-refractivity contribution is 5.87. The summed E-state index contributed by atoms with van der Waals surface area (Å²) in [6, 6.07) is 0. The Morgan fingerprint density at radius 1 is 1.20 bits per heavy atom. The summed E-state index contributed by atoms with van der Waals surface area (Å²) in [6.45, 7) is 4.51. The number of carbonyl (C=O) groups is 2. The van der Waals surface area contributed by atoms with Crippen molar-refractivity contribution in [2.24, 2.45) is 16.7 Å². The topological polar surface area (TPSA) is 52.6 Å². The summed E-state index contributed by atoms with van der Waals surface area (Å²) < 4.78 is 10.7. The molecule has 0 spiro atoms. The molecule has 2 fully saturated rings. The minimum atomic E-state index is -0.415. The summed E-state index contributed by atoms with van der Waals surface area (Å²) in [5.74, 6) is -0.215. The lowest BCUT2D eigenvalue weighted by atomic mass is 9.50. The van der Waals surface area contributed by atoms with E-state index in [-0.39, 0.29) is 29.4 Å². The van der Waals surface area contributed by atoms with E-state index in [0.29, 0.717) is 6.61 Å². The van der Waals surface area contributed by atoms with Crippen molar-refractivity contribution in [3.63, 3.8) is 0 Å². The lowest BCUT2D eigenvalue weighted by Gasteiger charge is -2.51. The molecule has 1 saturated heterocycles. The molecule has 4 nitrogen and oxygen atoms in total. The van der Waals surface area contributed by atoms with Gasteiger partial charge in [-0.15, -0.1) is 0 Å². The van der Waals surface area contributed by atoms with Crippen LogP contribution in [0.4, 0.5) is 0 Å². The van der Waals surface area contributed by atoms with E-state index in [2.05, 4.69) is 6.92 Å². The summed E-state index contributed by atoms with van der Waals surface area (Å²) in [5, 5.41) is 0. The average molecular weight is 274 g/mol. The van der Waals surface area contributed by atoms with Gasteiger partial charge in [0, 0.05) is 17.4 Å². The minimum Gasteiger partial charge on any atom is -0.458 e. The van der Waals surface area contributed by atoms with Gasteiger partial charge in [0.2, 0.25) is 0 Å². The van der Waals surface area contributed by atoms with Gasteiger partial charge in [0.15, 0.2) is 0 Å². The van der Waals surface area contributed by atoms with Crippen LogP contribution >= 0.6 is 0 Å². The average Bonchev–Trinajstić information content (AvgIpc) is 2.64. The first-order valence-corrected chi connectivity index (χ1v) is 7.26. The Morgan fingerprint density at radius 2 is 1.95 bits per heavy atom. The second-order valence-electron chi connectivity index (χ2n) is 6.89. The van der Waals surface area contributed by atoms with E-state index in [1.807, 2.05) is 13.0 Å². The van der Waals surface area contributed by atoms with E-state index < -0.39 is 5.41 Å². The van der Waals surface area contributed by atoms with E-state index in [9.17, 15) is 9.59 Å². The molecule has 0 radical (unpaired) electrons. The van der Waals surface area contributed by atoms with Crippen LogP contribution in [-0.4, -0.2) is 24.6 Å². The maximum Gasteiger partial charge on any atom is 0.331 e. The Hall–Kier alpha value is -1.58. The van der Waals surface area contributed by atoms with Crippen LogP contribution in [0.5, 0.6) is 0 Å². The van der Waals surface area contributed by atoms with Crippen molar-refractivity contribution in [1.29, 1.82) is 0 Å². The fraction of sp³-hybridized carbons (Fsp3) is 0.625. The van der Waals surface area contributed by atoms with E-state index in [4.69, 9.17) is 9.47 Å². The molecular weight excluding hydrogens is 256 g/mol. The van der Waals surface area contributed by atoms with Crippen molar-refractivity contribution in [3.05, 3.63) is 23.3 Å². The van der Waals surface area contributed by atoms with Gasteiger partial charge in [0.1, 0.15) is 12.7 Å². The predicted octanol–water partition coefficient (Wildman–Crippen LogP) is 2.15. The Bertz CT molecular complexity index is 587. The standard InChI is InChI=1S/C16H18O4/c1-15-4-3-5-16(2)13(15)11(20-14(16)18)6-9-8-19-12(17)7-10(9)15/h6-7,11,13H,3-5,8H2,1-2H3/t11-,13-,15-,16?/m1/s1. The Morgan fingerprint density at radius 3 is 2.75 bits per heavy atom. The first-order valence-electron chi connectivity index (χ1n) is 7.26. The molecule has 106 valence electrons. The van der Waals surface area contributed by atoms with Gasteiger partial charge in [-0.1, -0.05) is 13.3 Å². The number of hydrogen-bond donors (Lipinski definition) is 0. The Balaban J connectivity index is 1.93. The van der Waals surface area contributed by atoms with Crippen molar-refractivity contribution in [2.75, 3.05) is 6.61 Å². The fourth-order valence-electron chi connectivity index (χ4n) is 4.90. The highest BCUT2D eigenvalue weighted by Gasteiger charge is 2.64. The summed E-state index contributed by atoms with van der Waals surface area (Å²) in [5.41, 5.74) is 1.52. The highest BCUT2D eigenvalue weighted by Crippen LogP contribution is 2.63. The highest BCUT2D eigenvalue weighted by atomic mass is 16.6. The van der Waals surface area contributed by atoms with Crippen LogP contribution in [0.25, 0.3) is 0 Å². The van der Waals surface area contributed by atoms with E-state index in [0.717, 1.165) is 30.4 Å². The second kappa shape index (κ2) is 3.54. The Kier molecular flexibility index (Phi) is 2.16. The lowest BCUT2D eigenvalue weighted by molar-refractivity contribution is -0.148. The smallest absolute Gasteiger partial charge is 0.331 e. The quantitative estimate of drug-likeness (QED) is 0.635. The normalized spacial score (nSPS) is 45.7. The van der Waals surface area contributed by atoms with Crippen LogP contribution in [0.3, 0.4) is 0 Å². The molecule has 0 aromatic heterocycles. The summed E-state index contributed by atoms with van der Waals surface area (Å²) in [6.07, 6.45) is 6.33. The van der Waals surface area contributed by atoms with Gasteiger partial charge in [-0.3, -0.25) is 4.79 Å². The van der Waals surface area contributed by atoms with Crippen LogP contribution in [0.15, 0.2) is 23.3 Å². The van der Waals surface area contributed by atoms with E-state index in [1.165, 1.54) is 0 Å². The number of rotatable bonds is 0. The van der Waals surface area contributed by atoms with Crippen LogP contribution in [0, 0.1) is 16.7 Å². The van der Waals surface area contributed by atoms with Gasteiger partial charge in [-0.2, -0.15) is 0 Å². The molecule has 1 unspecified atom stereocenters. The molecule has 1 saturated carbocycles. The maximum absolute atomic E-state index is 12.3. The molecule has 20 heavy (non-hydrogen) atoms. The summed E-state index contributed by atoms with van der Waals surface area (Å²) in [7, 11) is 0. The van der Waals surface area contributed by atoms with Gasteiger partial charge < -0.3 is 9.47 Å².